The molecule has 1 atom stereocenters. The van der Waals surface area contributed by atoms with E-state index in [-0.39, 0.29) is 11.9 Å². The van der Waals surface area contributed by atoms with E-state index in [0.717, 1.165) is 52.5 Å². The molecule has 2 aromatic carbocycles. The van der Waals surface area contributed by atoms with Crippen LogP contribution in [-0.4, -0.2) is 48.2 Å². The van der Waals surface area contributed by atoms with E-state index >= 15 is 0 Å². The molecule has 5 aromatic rings. The standard InChI is InChI=1S/C28H27N7O/c1-3-24(36)33-12-4-5-23(16-33)35-28-25(27(29)30-17-31-28)26(32-35)19-8-9-20-14-34(15-21(20)13-19)22-10-6-18(2)7-11-22/h3,6-11,13-15,17,23H,1,4-5,12,16H2,2H3,(H2,29,30,31)/t23-/m1/s1. The van der Waals surface area contributed by atoms with Gasteiger partial charge in [0, 0.05) is 42.1 Å². The Labute approximate surface area is 208 Å². The first-order valence-corrected chi connectivity index (χ1v) is 12.1. The molecule has 8 heteroatoms. The number of hydrogen-bond acceptors (Lipinski definition) is 5. The molecule has 1 saturated heterocycles. The van der Waals surface area contributed by atoms with Crippen LogP contribution in [0.3, 0.4) is 0 Å². The Bertz CT molecular complexity index is 1610. The minimum atomic E-state index is -0.0611. The minimum absolute atomic E-state index is 0.000415. The number of carbonyl (C=O) groups is 1. The van der Waals surface area contributed by atoms with E-state index in [0.29, 0.717) is 18.0 Å². The van der Waals surface area contributed by atoms with Crippen molar-refractivity contribution in [2.75, 3.05) is 18.8 Å². The normalized spacial score (nSPS) is 16.0. The van der Waals surface area contributed by atoms with Crippen LogP contribution in [0.1, 0.15) is 24.4 Å². The van der Waals surface area contributed by atoms with Gasteiger partial charge in [0.25, 0.3) is 0 Å². The van der Waals surface area contributed by atoms with Crippen molar-refractivity contribution in [3.05, 3.63) is 79.4 Å². The number of aryl methyl sites for hydroxylation is 1. The third kappa shape index (κ3) is 3.71. The summed E-state index contributed by atoms with van der Waals surface area (Å²) in [5.41, 5.74) is 11.1. The van der Waals surface area contributed by atoms with Crippen molar-refractivity contribution in [1.29, 1.82) is 0 Å². The summed E-state index contributed by atoms with van der Waals surface area (Å²) in [5.74, 6) is 0.336. The van der Waals surface area contributed by atoms with Gasteiger partial charge in [-0.05, 0) is 49.4 Å². The van der Waals surface area contributed by atoms with Gasteiger partial charge in [-0.25, -0.2) is 14.6 Å². The fraction of sp³-hybridized carbons (Fsp3) is 0.214. The van der Waals surface area contributed by atoms with E-state index < -0.39 is 0 Å². The molecule has 6 rings (SSSR count). The molecule has 0 saturated carbocycles. The molecule has 0 unspecified atom stereocenters. The Morgan fingerprint density at radius 1 is 1.11 bits per heavy atom. The van der Waals surface area contributed by atoms with Gasteiger partial charge in [0.1, 0.15) is 17.8 Å². The predicted molar refractivity (Wildman–Crippen MR) is 142 cm³/mol. The van der Waals surface area contributed by atoms with Crippen molar-refractivity contribution < 1.29 is 4.79 Å². The number of likely N-dealkylation sites (tertiary alicyclic amines) is 1. The SMILES string of the molecule is C=CC(=O)N1CCC[C@@H](n2nc(-c3ccc4cn(-c5ccc(C)cc5)cc4c3)c3c(N)ncnc32)C1. The molecule has 0 spiro atoms. The van der Waals surface area contributed by atoms with Crippen molar-refractivity contribution in [2.45, 2.75) is 25.8 Å². The molecule has 4 heterocycles. The Hall–Kier alpha value is -4.46. The summed E-state index contributed by atoms with van der Waals surface area (Å²) in [6.45, 7) is 7.00. The Morgan fingerprint density at radius 2 is 1.92 bits per heavy atom. The van der Waals surface area contributed by atoms with Crippen LogP contribution in [0.25, 0.3) is 38.8 Å². The number of aromatic nitrogens is 5. The first kappa shape index (κ1) is 22.0. The van der Waals surface area contributed by atoms with E-state index in [1.54, 1.807) is 0 Å². The third-order valence-corrected chi connectivity index (χ3v) is 7.00. The topological polar surface area (TPSA) is 94.9 Å². The first-order chi connectivity index (χ1) is 17.5. The lowest BCUT2D eigenvalue weighted by Gasteiger charge is -2.32. The van der Waals surface area contributed by atoms with Gasteiger partial charge in [0.2, 0.25) is 5.91 Å². The molecule has 0 radical (unpaired) electrons. The van der Waals surface area contributed by atoms with Crippen LogP contribution in [0, 0.1) is 6.92 Å². The predicted octanol–water partition coefficient (Wildman–Crippen LogP) is 4.68. The number of nitrogen functional groups attached to an aromatic ring is 1. The van der Waals surface area contributed by atoms with E-state index in [1.807, 2.05) is 9.58 Å². The van der Waals surface area contributed by atoms with E-state index in [1.165, 1.54) is 18.0 Å². The van der Waals surface area contributed by atoms with Gasteiger partial charge in [-0.15, -0.1) is 0 Å². The fourth-order valence-electron chi connectivity index (χ4n) is 5.09. The molecule has 0 aliphatic carbocycles. The van der Waals surface area contributed by atoms with Crippen LogP contribution in [0.4, 0.5) is 5.82 Å². The highest BCUT2D eigenvalue weighted by molar-refractivity contribution is 6.00. The summed E-state index contributed by atoms with van der Waals surface area (Å²) in [5, 5.41) is 7.99. The molecule has 1 fully saturated rings. The zero-order valence-electron chi connectivity index (χ0n) is 20.1. The number of benzene rings is 2. The number of carbonyl (C=O) groups excluding carboxylic acids is 1. The number of rotatable bonds is 4. The van der Waals surface area contributed by atoms with Crippen LogP contribution in [0.5, 0.6) is 0 Å². The number of fused-ring (bicyclic) bond motifs is 2. The minimum Gasteiger partial charge on any atom is -0.383 e. The second-order valence-corrected chi connectivity index (χ2v) is 9.38. The van der Waals surface area contributed by atoms with Crippen LogP contribution in [0.15, 0.2) is 73.8 Å². The number of nitrogens with two attached hydrogens (primary N) is 1. The lowest BCUT2D eigenvalue weighted by atomic mass is 10.1. The van der Waals surface area contributed by atoms with Crippen molar-refractivity contribution in [1.82, 2.24) is 29.2 Å². The van der Waals surface area contributed by atoms with E-state index in [4.69, 9.17) is 10.8 Å². The zero-order valence-corrected chi connectivity index (χ0v) is 20.1. The lowest BCUT2D eigenvalue weighted by molar-refractivity contribution is -0.127. The van der Waals surface area contributed by atoms with Crippen molar-refractivity contribution in [2.24, 2.45) is 0 Å². The molecule has 3 aromatic heterocycles. The van der Waals surface area contributed by atoms with Crippen molar-refractivity contribution in [3.63, 3.8) is 0 Å². The Morgan fingerprint density at radius 3 is 2.72 bits per heavy atom. The summed E-state index contributed by atoms with van der Waals surface area (Å²) >= 11 is 0. The monoisotopic (exact) mass is 477 g/mol. The Balaban J connectivity index is 1.44. The summed E-state index contributed by atoms with van der Waals surface area (Å²) in [4.78, 5) is 22.9. The highest BCUT2D eigenvalue weighted by Gasteiger charge is 2.28. The zero-order chi connectivity index (χ0) is 24.8. The number of anilines is 1. The van der Waals surface area contributed by atoms with E-state index in [2.05, 4.69) is 82.9 Å². The molecule has 1 amide bonds. The molecular formula is C28H27N7O. The van der Waals surface area contributed by atoms with Gasteiger partial charge in [-0.2, -0.15) is 5.10 Å². The van der Waals surface area contributed by atoms with E-state index in [9.17, 15) is 4.79 Å². The number of piperidine rings is 1. The smallest absolute Gasteiger partial charge is 0.246 e. The highest BCUT2D eigenvalue weighted by atomic mass is 16.2. The van der Waals surface area contributed by atoms with Crippen molar-refractivity contribution >= 4 is 33.5 Å². The summed E-state index contributed by atoms with van der Waals surface area (Å²) in [6, 6.07) is 14.8. The van der Waals surface area contributed by atoms with Gasteiger partial charge in [0.15, 0.2) is 5.65 Å². The summed E-state index contributed by atoms with van der Waals surface area (Å²) < 4.78 is 4.06. The average Bonchev–Trinajstić information content (AvgIpc) is 3.51. The molecule has 2 N–H and O–H groups in total. The number of hydrogen-bond donors (Lipinski definition) is 1. The van der Waals surface area contributed by atoms with Crippen molar-refractivity contribution in [3.8, 4) is 16.9 Å². The molecule has 1 aliphatic rings. The van der Waals surface area contributed by atoms with Gasteiger partial charge in [-0.1, -0.05) is 36.4 Å². The molecule has 36 heavy (non-hydrogen) atoms. The number of amides is 1. The maximum atomic E-state index is 12.3. The average molecular weight is 478 g/mol. The molecule has 0 bridgehead atoms. The van der Waals surface area contributed by atoms with Crippen LogP contribution in [-0.2, 0) is 4.79 Å². The first-order valence-electron chi connectivity index (χ1n) is 12.1. The van der Waals surface area contributed by atoms with Gasteiger partial charge in [-0.3, -0.25) is 4.79 Å². The quantitative estimate of drug-likeness (QED) is 0.379. The summed E-state index contributed by atoms with van der Waals surface area (Å²) in [7, 11) is 0. The van der Waals surface area contributed by atoms with Crippen LogP contribution in [0.2, 0.25) is 0 Å². The summed E-state index contributed by atoms with van der Waals surface area (Å²) in [6.07, 6.45) is 8.89. The van der Waals surface area contributed by atoms with Crippen LogP contribution < -0.4 is 5.73 Å². The molecule has 180 valence electrons. The lowest BCUT2D eigenvalue weighted by Crippen LogP contribution is -2.40. The molecular weight excluding hydrogens is 450 g/mol. The fourth-order valence-corrected chi connectivity index (χ4v) is 5.09. The largest absolute Gasteiger partial charge is 0.383 e. The number of nitrogens with zero attached hydrogens (tertiary/aromatic N) is 6. The second kappa shape index (κ2) is 8.64. The third-order valence-electron chi connectivity index (χ3n) is 7.00. The van der Waals surface area contributed by atoms with Gasteiger partial charge >= 0.3 is 0 Å². The maximum absolute atomic E-state index is 12.3. The van der Waals surface area contributed by atoms with Gasteiger partial charge in [0.05, 0.1) is 11.4 Å². The maximum Gasteiger partial charge on any atom is 0.246 e. The second-order valence-electron chi connectivity index (χ2n) is 9.38. The molecule has 1 aliphatic heterocycles. The van der Waals surface area contributed by atoms with Gasteiger partial charge < -0.3 is 15.2 Å². The highest BCUT2D eigenvalue weighted by Crippen LogP contribution is 2.35. The Kier molecular flexibility index (Phi) is 5.29. The van der Waals surface area contributed by atoms with Crippen LogP contribution >= 0.6 is 0 Å². The molecule has 8 nitrogen and oxygen atoms in total.